The van der Waals surface area contributed by atoms with Gasteiger partial charge in [0.2, 0.25) is 0 Å². The maximum absolute atomic E-state index is 11.7. The molecule has 0 spiro atoms. The molecule has 2 N–H and O–H groups in total. The normalized spacial score (nSPS) is 18.2. The van der Waals surface area contributed by atoms with Gasteiger partial charge in [-0.1, -0.05) is 35.9 Å². The lowest BCUT2D eigenvalue weighted by atomic mass is 9.82. The fourth-order valence-corrected chi connectivity index (χ4v) is 5.02. The molecule has 33 heavy (non-hydrogen) atoms. The van der Waals surface area contributed by atoms with Gasteiger partial charge in [0, 0.05) is 30.6 Å². The second-order valence-electron chi connectivity index (χ2n) is 8.72. The van der Waals surface area contributed by atoms with E-state index in [9.17, 15) is 9.90 Å². The highest BCUT2D eigenvalue weighted by Crippen LogP contribution is 2.34. The molecule has 1 saturated heterocycles. The summed E-state index contributed by atoms with van der Waals surface area (Å²) in [6, 6.07) is 15.6. The molecule has 1 aliphatic rings. The molecule has 4 rings (SSSR count). The molecule has 0 bridgehead atoms. The first-order chi connectivity index (χ1) is 15.8. The number of benzene rings is 1. The molecule has 2 aromatic heterocycles. The first-order valence-electron chi connectivity index (χ1n) is 10.9. The predicted octanol–water partition coefficient (Wildman–Crippen LogP) is 6.22. The summed E-state index contributed by atoms with van der Waals surface area (Å²) in [5, 5.41) is 11.0. The minimum Gasteiger partial charge on any atom is -0.481 e. The Balaban J connectivity index is 1.51. The van der Waals surface area contributed by atoms with Gasteiger partial charge in [-0.25, -0.2) is 9.97 Å². The molecule has 8 heteroatoms. The Morgan fingerprint density at radius 1 is 1.12 bits per heavy atom. The molecule has 1 aromatic carbocycles. The number of aryl methyl sites for hydroxylation is 2. The highest BCUT2D eigenvalue weighted by molar-refractivity contribution is 8.00. The van der Waals surface area contributed by atoms with Gasteiger partial charge >= 0.3 is 5.97 Å². The standard InChI is InChI=1S/C25H27ClN4O2S/c1-16-7-4-8-17(2)22(16)23-18(26)11-12-19(27-23)29-33-21-10-5-9-20(28-21)30-14-6-13-25(3,15-30)24(31)32/h4-5,7-12H,6,13-15H2,1-3H3,(H,27,29)(H,31,32)/t25-/m1/s1. The summed E-state index contributed by atoms with van der Waals surface area (Å²) in [6.45, 7) is 7.17. The van der Waals surface area contributed by atoms with Crippen LogP contribution in [0.2, 0.25) is 5.02 Å². The van der Waals surface area contributed by atoms with E-state index in [2.05, 4.69) is 35.6 Å². The molecule has 0 unspecified atom stereocenters. The van der Waals surface area contributed by atoms with E-state index < -0.39 is 11.4 Å². The van der Waals surface area contributed by atoms with Crippen LogP contribution in [-0.2, 0) is 4.79 Å². The van der Waals surface area contributed by atoms with Crippen LogP contribution in [0.25, 0.3) is 11.3 Å². The number of aromatic nitrogens is 2. The van der Waals surface area contributed by atoms with E-state index in [4.69, 9.17) is 21.6 Å². The first kappa shape index (κ1) is 23.4. The number of hydrogen-bond donors (Lipinski definition) is 2. The van der Waals surface area contributed by atoms with Crippen LogP contribution >= 0.6 is 23.5 Å². The van der Waals surface area contributed by atoms with Crippen molar-refractivity contribution in [3.05, 3.63) is 64.7 Å². The summed E-state index contributed by atoms with van der Waals surface area (Å²) in [6.07, 6.45) is 1.51. The molecule has 1 atom stereocenters. The maximum atomic E-state index is 11.7. The molecular weight excluding hydrogens is 456 g/mol. The van der Waals surface area contributed by atoms with E-state index in [0.717, 1.165) is 46.2 Å². The molecule has 6 nitrogen and oxygen atoms in total. The van der Waals surface area contributed by atoms with Crippen LogP contribution < -0.4 is 9.62 Å². The summed E-state index contributed by atoms with van der Waals surface area (Å²) in [5.74, 6) is 0.716. The molecule has 0 amide bonds. The monoisotopic (exact) mass is 482 g/mol. The van der Waals surface area contributed by atoms with Crippen molar-refractivity contribution in [3.8, 4) is 11.3 Å². The predicted molar refractivity (Wildman–Crippen MR) is 135 cm³/mol. The van der Waals surface area contributed by atoms with Crippen LogP contribution in [0.5, 0.6) is 0 Å². The summed E-state index contributed by atoms with van der Waals surface area (Å²) in [5.41, 5.74) is 3.29. The molecule has 0 aliphatic carbocycles. The molecule has 3 heterocycles. The minimum atomic E-state index is -0.757. The zero-order valence-electron chi connectivity index (χ0n) is 18.9. The first-order valence-corrected chi connectivity index (χ1v) is 12.1. The number of pyridine rings is 2. The van der Waals surface area contributed by atoms with Gasteiger partial charge in [0.1, 0.15) is 16.7 Å². The van der Waals surface area contributed by atoms with E-state index in [0.29, 0.717) is 23.8 Å². The van der Waals surface area contributed by atoms with Crippen molar-refractivity contribution in [2.24, 2.45) is 5.41 Å². The molecule has 1 aliphatic heterocycles. The lowest BCUT2D eigenvalue weighted by Crippen LogP contribution is -2.46. The fraction of sp³-hybridized carbons (Fsp3) is 0.320. The van der Waals surface area contributed by atoms with Crippen molar-refractivity contribution in [1.82, 2.24) is 9.97 Å². The number of piperidine rings is 1. The average Bonchev–Trinajstić information content (AvgIpc) is 2.79. The second-order valence-corrected chi connectivity index (χ2v) is 9.96. The lowest BCUT2D eigenvalue weighted by Gasteiger charge is -2.38. The number of carboxylic acids is 1. The highest BCUT2D eigenvalue weighted by Gasteiger charge is 2.38. The van der Waals surface area contributed by atoms with E-state index in [-0.39, 0.29) is 0 Å². The summed E-state index contributed by atoms with van der Waals surface area (Å²) in [7, 11) is 0. The number of anilines is 2. The zero-order valence-corrected chi connectivity index (χ0v) is 20.5. The van der Waals surface area contributed by atoms with Gasteiger partial charge in [-0.2, -0.15) is 0 Å². The van der Waals surface area contributed by atoms with Crippen molar-refractivity contribution >= 4 is 41.2 Å². The molecule has 0 saturated carbocycles. The van der Waals surface area contributed by atoms with Crippen molar-refractivity contribution in [1.29, 1.82) is 0 Å². The summed E-state index contributed by atoms with van der Waals surface area (Å²) < 4.78 is 3.27. The number of hydrogen-bond acceptors (Lipinski definition) is 6. The zero-order chi connectivity index (χ0) is 23.6. The van der Waals surface area contributed by atoms with Crippen molar-refractivity contribution in [2.75, 3.05) is 22.7 Å². The molecule has 1 fully saturated rings. The number of carbonyl (C=O) groups is 1. The number of aliphatic carboxylic acids is 1. The Bertz CT molecular complexity index is 1170. The van der Waals surface area contributed by atoms with Gasteiger partial charge < -0.3 is 14.7 Å². The Hall–Kier alpha value is -2.77. The van der Waals surface area contributed by atoms with Crippen molar-refractivity contribution < 1.29 is 9.90 Å². The SMILES string of the molecule is Cc1cccc(C)c1-c1nc(NSc2cccc(N3CCC[C@@](C)(C(=O)O)C3)n2)ccc1Cl. The third-order valence-electron chi connectivity index (χ3n) is 6.07. The van der Waals surface area contributed by atoms with Crippen LogP contribution in [0.3, 0.4) is 0 Å². The van der Waals surface area contributed by atoms with Crippen LogP contribution in [0.15, 0.2) is 53.6 Å². The van der Waals surface area contributed by atoms with Gasteiger partial charge in [0.15, 0.2) is 0 Å². The van der Waals surface area contributed by atoms with E-state index in [1.165, 1.54) is 11.9 Å². The van der Waals surface area contributed by atoms with Gasteiger partial charge in [-0.15, -0.1) is 0 Å². The number of halogens is 1. The quantitative estimate of drug-likeness (QED) is 0.403. The topological polar surface area (TPSA) is 78.4 Å². The maximum Gasteiger partial charge on any atom is 0.311 e. The van der Waals surface area contributed by atoms with Gasteiger partial charge in [0.25, 0.3) is 0 Å². The van der Waals surface area contributed by atoms with E-state index in [1.807, 2.05) is 43.3 Å². The number of nitrogens with zero attached hydrogens (tertiary/aromatic N) is 3. The largest absolute Gasteiger partial charge is 0.481 e. The Kier molecular flexibility index (Phi) is 6.81. The van der Waals surface area contributed by atoms with E-state index >= 15 is 0 Å². The molecular formula is C25H27ClN4O2S. The minimum absolute atomic E-state index is 0.453. The van der Waals surface area contributed by atoms with Crippen LogP contribution in [0, 0.1) is 19.3 Å². The number of carboxylic acid groups (broad SMARTS) is 1. The Morgan fingerprint density at radius 2 is 1.85 bits per heavy atom. The van der Waals surface area contributed by atoms with Crippen LogP contribution in [-0.4, -0.2) is 34.1 Å². The second kappa shape index (κ2) is 9.61. The van der Waals surface area contributed by atoms with Gasteiger partial charge in [-0.05, 0) is 69.0 Å². The van der Waals surface area contributed by atoms with E-state index in [1.54, 1.807) is 0 Å². The highest BCUT2D eigenvalue weighted by atomic mass is 35.5. The summed E-state index contributed by atoms with van der Waals surface area (Å²) >= 11 is 7.85. The molecule has 3 aromatic rings. The third-order valence-corrected chi connectivity index (χ3v) is 7.12. The van der Waals surface area contributed by atoms with Crippen molar-refractivity contribution in [2.45, 2.75) is 38.6 Å². The molecule has 172 valence electrons. The third kappa shape index (κ3) is 5.09. The smallest absolute Gasteiger partial charge is 0.311 e. The lowest BCUT2D eigenvalue weighted by molar-refractivity contribution is -0.148. The Labute approximate surface area is 203 Å². The van der Waals surface area contributed by atoms with Gasteiger partial charge in [-0.3, -0.25) is 4.79 Å². The van der Waals surface area contributed by atoms with Crippen molar-refractivity contribution in [3.63, 3.8) is 0 Å². The van der Waals surface area contributed by atoms with Gasteiger partial charge in [0.05, 0.1) is 16.1 Å². The fourth-order valence-electron chi connectivity index (χ4n) is 4.21. The van der Waals surface area contributed by atoms with Crippen LogP contribution in [0.4, 0.5) is 11.6 Å². The number of nitrogens with one attached hydrogen (secondary N) is 1. The number of rotatable bonds is 6. The van der Waals surface area contributed by atoms with Crippen LogP contribution in [0.1, 0.15) is 30.9 Å². The Morgan fingerprint density at radius 3 is 2.58 bits per heavy atom. The average molecular weight is 483 g/mol. The molecule has 0 radical (unpaired) electrons. The summed E-state index contributed by atoms with van der Waals surface area (Å²) in [4.78, 5) is 23.3.